The van der Waals surface area contributed by atoms with Crippen LogP contribution < -0.4 is 0 Å². The van der Waals surface area contributed by atoms with Gasteiger partial charge in [0.15, 0.2) is 0 Å². The first-order valence-electron chi connectivity index (χ1n) is 6.79. The molecule has 1 aliphatic rings. The summed E-state index contributed by atoms with van der Waals surface area (Å²) in [5.41, 5.74) is 0. The zero-order valence-corrected chi connectivity index (χ0v) is 12.1. The van der Waals surface area contributed by atoms with E-state index in [9.17, 15) is 10.2 Å². The Balaban J connectivity index is 2.19. The van der Waals surface area contributed by atoms with Crippen molar-refractivity contribution < 1.29 is 14.9 Å². The highest BCUT2D eigenvalue weighted by molar-refractivity contribution is 8.00. The minimum Gasteiger partial charge on any atom is -0.396 e. The molecule has 0 radical (unpaired) electrons. The largest absolute Gasteiger partial charge is 0.396 e. The molecule has 1 heterocycles. The molecule has 0 bridgehead atoms. The third-order valence-corrected chi connectivity index (χ3v) is 5.33. The van der Waals surface area contributed by atoms with Crippen LogP contribution in [0, 0.1) is 5.92 Å². The standard InChI is InChI=1S/C15H22O3S/c1-12(11-16)14(17)15(7-9-18-10-8-15)19-13-5-3-2-4-6-13/h2-6,12,14,16-17H,7-11H2,1H3/t12-,14+/m1/s1. The lowest BCUT2D eigenvalue weighted by Gasteiger charge is -2.42. The zero-order valence-electron chi connectivity index (χ0n) is 11.3. The van der Waals surface area contributed by atoms with E-state index in [0.29, 0.717) is 13.2 Å². The molecular formula is C15H22O3S. The highest BCUT2D eigenvalue weighted by atomic mass is 32.2. The lowest BCUT2D eigenvalue weighted by atomic mass is 9.86. The van der Waals surface area contributed by atoms with Crippen LogP contribution in [0.3, 0.4) is 0 Å². The van der Waals surface area contributed by atoms with Gasteiger partial charge in [0.2, 0.25) is 0 Å². The van der Waals surface area contributed by atoms with E-state index >= 15 is 0 Å². The van der Waals surface area contributed by atoms with Crippen molar-refractivity contribution in [1.82, 2.24) is 0 Å². The van der Waals surface area contributed by atoms with E-state index in [4.69, 9.17) is 4.74 Å². The number of hydrogen-bond donors (Lipinski definition) is 2. The predicted molar refractivity (Wildman–Crippen MR) is 77.3 cm³/mol. The Labute approximate surface area is 119 Å². The van der Waals surface area contributed by atoms with Gasteiger partial charge < -0.3 is 14.9 Å². The van der Waals surface area contributed by atoms with Crippen molar-refractivity contribution in [2.24, 2.45) is 5.92 Å². The van der Waals surface area contributed by atoms with Gasteiger partial charge in [0.05, 0.1) is 10.9 Å². The Kier molecular flexibility index (Phi) is 5.28. The summed E-state index contributed by atoms with van der Waals surface area (Å²) in [6.45, 7) is 3.26. The second-order valence-electron chi connectivity index (χ2n) is 5.20. The Bertz CT molecular complexity index is 376. The molecule has 106 valence electrons. The average Bonchev–Trinajstić information content (AvgIpc) is 2.47. The van der Waals surface area contributed by atoms with Gasteiger partial charge in [0, 0.05) is 30.6 Å². The van der Waals surface area contributed by atoms with Gasteiger partial charge in [0.25, 0.3) is 0 Å². The van der Waals surface area contributed by atoms with Crippen LogP contribution in [0.5, 0.6) is 0 Å². The first kappa shape index (κ1) is 14.9. The fourth-order valence-electron chi connectivity index (χ4n) is 2.52. The summed E-state index contributed by atoms with van der Waals surface area (Å²) in [4.78, 5) is 1.16. The maximum atomic E-state index is 10.6. The van der Waals surface area contributed by atoms with Crippen LogP contribution >= 0.6 is 11.8 Å². The summed E-state index contributed by atoms with van der Waals surface area (Å²) >= 11 is 1.72. The topological polar surface area (TPSA) is 49.7 Å². The molecule has 1 aliphatic heterocycles. The molecule has 0 aromatic heterocycles. The summed E-state index contributed by atoms with van der Waals surface area (Å²) < 4.78 is 5.19. The molecular weight excluding hydrogens is 260 g/mol. The maximum absolute atomic E-state index is 10.6. The van der Waals surface area contributed by atoms with E-state index in [0.717, 1.165) is 17.7 Å². The number of ether oxygens (including phenoxy) is 1. The quantitative estimate of drug-likeness (QED) is 0.870. The van der Waals surface area contributed by atoms with Gasteiger partial charge in [-0.05, 0) is 25.0 Å². The molecule has 0 aliphatic carbocycles. The van der Waals surface area contributed by atoms with E-state index in [1.807, 2.05) is 25.1 Å². The van der Waals surface area contributed by atoms with Crippen molar-refractivity contribution in [3.63, 3.8) is 0 Å². The number of rotatable bonds is 5. The molecule has 4 heteroatoms. The predicted octanol–water partition coefficient (Wildman–Crippen LogP) is 2.32. The first-order valence-corrected chi connectivity index (χ1v) is 7.60. The summed E-state index contributed by atoms with van der Waals surface area (Å²) in [6, 6.07) is 10.2. The minimum atomic E-state index is -0.522. The second kappa shape index (κ2) is 6.75. The van der Waals surface area contributed by atoms with Gasteiger partial charge >= 0.3 is 0 Å². The van der Waals surface area contributed by atoms with E-state index in [1.54, 1.807) is 11.8 Å². The van der Waals surface area contributed by atoms with Crippen molar-refractivity contribution >= 4 is 11.8 Å². The van der Waals surface area contributed by atoms with Crippen LogP contribution in [0.15, 0.2) is 35.2 Å². The normalized spacial score (nSPS) is 21.8. The third kappa shape index (κ3) is 3.51. The summed E-state index contributed by atoms with van der Waals surface area (Å²) in [6.07, 6.45) is 1.11. The lowest BCUT2D eigenvalue weighted by molar-refractivity contribution is -0.00777. The van der Waals surface area contributed by atoms with Crippen LogP contribution in [-0.2, 0) is 4.74 Å². The summed E-state index contributed by atoms with van der Waals surface area (Å²) in [5.74, 6) is -0.116. The van der Waals surface area contributed by atoms with Gasteiger partial charge in [0.1, 0.15) is 0 Å². The van der Waals surface area contributed by atoms with Crippen LogP contribution in [-0.4, -0.2) is 40.9 Å². The third-order valence-electron chi connectivity index (χ3n) is 3.77. The van der Waals surface area contributed by atoms with Crippen LogP contribution in [0.1, 0.15) is 19.8 Å². The van der Waals surface area contributed by atoms with Crippen molar-refractivity contribution in [2.45, 2.75) is 35.5 Å². The molecule has 1 aromatic carbocycles. The molecule has 2 rings (SSSR count). The summed E-state index contributed by atoms with van der Waals surface area (Å²) in [7, 11) is 0. The number of hydrogen-bond acceptors (Lipinski definition) is 4. The molecule has 2 atom stereocenters. The van der Waals surface area contributed by atoms with E-state index < -0.39 is 6.10 Å². The number of aliphatic hydroxyl groups excluding tert-OH is 2. The monoisotopic (exact) mass is 282 g/mol. The molecule has 0 amide bonds. The SMILES string of the molecule is C[C@H](CO)[C@H](O)C1(Sc2ccccc2)CCOCC1. The second-order valence-corrected chi connectivity index (χ2v) is 6.69. The van der Waals surface area contributed by atoms with Crippen LogP contribution in [0.25, 0.3) is 0 Å². The van der Waals surface area contributed by atoms with Gasteiger partial charge in [-0.25, -0.2) is 0 Å². The van der Waals surface area contributed by atoms with Gasteiger partial charge in [-0.2, -0.15) is 0 Å². The average molecular weight is 282 g/mol. The number of aliphatic hydroxyl groups is 2. The van der Waals surface area contributed by atoms with E-state index in [1.165, 1.54) is 0 Å². The van der Waals surface area contributed by atoms with Gasteiger partial charge in [-0.3, -0.25) is 0 Å². The van der Waals surface area contributed by atoms with Crippen molar-refractivity contribution in [3.05, 3.63) is 30.3 Å². The molecule has 19 heavy (non-hydrogen) atoms. The Morgan fingerprint density at radius 2 is 1.89 bits per heavy atom. The Hall–Kier alpha value is -0.550. The van der Waals surface area contributed by atoms with Crippen molar-refractivity contribution in [1.29, 1.82) is 0 Å². The lowest BCUT2D eigenvalue weighted by Crippen LogP contribution is -2.48. The maximum Gasteiger partial charge on any atom is 0.0739 e. The highest BCUT2D eigenvalue weighted by Gasteiger charge is 2.42. The van der Waals surface area contributed by atoms with Crippen LogP contribution in [0.2, 0.25) is 0 Å². The molecule has 1 fully saturated rings. The van der Waals surface area contributed by atoms with Crippen molar-refractivity contribution in [3.8, 4) is 0 Å². The molecule has 1 aromatic rings. The van der Waals surface area contributed by atoms with Gasteiger partial charge in [-0.15, -0.1) is 11.8 Å². The fourth-order valence-corrected chi connectivity index (χ4v) is 4.00. The zero-order chi connectivity index (χ0) is 13.7. The Morgan fingerprint density at radius 3 is 2.47 bits per heavy atom. The molecule has 3 nitrogen and oxygen atoms in total. The number of benzene rings is 1. The minimum absolute atomic E-state index is 0.0130. The van der Waals surface area contributed by atoms with E-state index in [-0.39, 0.29) is 17.3 Å². The molecule has 1 saturated heterocycles. The molecule has 2 N–H and O–H groups in total. The molecule has 0 spiro atoms. The van der Waals surface area contributed by atoms with Gasteiger partial charge in [-0.1, -0.05) is 25.1 Å². The first-order chi connectivity index (χ1) is 9.18. The van der Waals surface area contributed by atoms with Crippen molar-refractivity contribution in [2.75, 3.05) is 19.8 Å². The smallest absolute Gasteiger partial charge is 0.0739 e. The summed E-state index contributed by atoms with van der Waals surface area (Å²) in [5, 5.41) is 19.9. The highest BCUT2D eigenvalue weighted by Crippen LogP contribution is 2.44. The molecule has 0 unspecified atom stereocenters. The fraction of sp³-hybridized carbons (Fsp3) is 0.600. The van der Waals surface area contributed by atoms with E-state index in [2.05, 4.69) is 12.1 Å². The number of thioether (sulfide) groups is 1. The Morgan fingerprint density at radius 1 is 1.26 bits per heavy atom. The van der Waals surface area contributed by atoms with Crippen LogP contribution in [0.4, 0.5) is 0 Å². The molecule has 0 saturated carbocycles.